The number of amides is 3. The maximum absolute atomic E-state index is 12.7. The van der Waals surface area contributed by atoms with Gasteiger partial charge >= 0.3 is 6.09 Å². The van der Waals surface area contributed by atoms with Gasteiger partial charge in [0.05, 0.1) is 17.4 Å². The molecule has 1 aliphatic carbocycles. The van der Waals surface area contributed by atoms with Crippen LogP contribution in [0.25, 0.3) is 0 Å². The van der Waals surface area contributed by atoms with Gasteiger partial charge in [-0.15, -0.1) is 11.8 Å². The monoisotopic (exact) mass is 384 g/mol. The van der Waals surface area contributed by atoms with Crippen LogP contribution in [0.4, 0.5) is 4.79 Å². The van der Waals surface area contributed by atoms with E-state index in [0.29, 0.717) is 18.4 Å². The van der Waals surface area contributed by atoms with Crippen molar-refractivity contribution < 1.29 is 19.1 Å². The van der Waals surface area contributed by atoms with Crippen LogP contribution in [0.3, 0.4) is 0 Å². The molecular weight excluding hydrogens is 356 g/mol. The Labute approximate surface area is 157 Å². The maximum atomic E-state index is 12.7. The van der Waals surface area contributed by atoms with Crippen LogP contribution >= 0.6 is 11.8 Å². The second-order valence-corrected chi connectivity index (χ2v) is 8.79. The molecule has 4 N–H and O–H groups in total. The van der Waals surface area contributed by atoms with Crippen molar-refractivity contribution in [2.45, 2.75) is 57.1 Å². The topological polar surface area (TPSA) is 109 Å². The Bertz CT molecular complexity index is 559. The molecule has 0 bridgehead atoms. The lowest BCUT2D eigenvalue weighted by Crippen LogP contribution is -2.47. The van der Waals surface area contributed by atoms with E-state index in [-0.39, 0.29) is 29.2 Å². The number of carbonyl (C=O) groups excluding carboxylic acids is 3. The van der Waals surface area contributed by atoms with E-state index in [1.54, 1.807) is 25.6 Å². The van der Waals surface area contributed by atoms with E-state index in [2.05, 4.69) is 21.5 Å². The maximum Gasteiger partial charge on any atom is 0.414 e. The van der Waals surface area contributed by atoms with Crippen molar-refractivity contribution in [3.63, 3.8) is 0 Å². The fourth-order valence-corrected chi connectivity index (χ4v) is 5.27. The predicted molar refractivity (Wildman–Crippen MR) is 98.0 cm³/mol. The highest BCUT2D eigenvalue weighted by molar-refractivity contribution is 8.00. The third kappa shape index (κ3) is 4.69. The molecule has 9 heteroatoms. The molecule has 0 aromatic rings. The molecule has 146 valence electrons. The summed E-state index contributed by atoms with van der Waals surface area (Å²) >= 11 is 1.56. The first kappa shape index (κ1) is 19.4. The van der Waals surface area contributed by atoms with Crippen LogP contribution in [0.1, 0.15) is 39.5 Å². The molecule has 0 spiro atoms. The molecule has 5 atom stereocenters. The van der Waals surface area contributed by atoms with Crippen molar-refractivity contribution >= 4 is 29.7 Å². The SMILES string of the molecule is CC(C)OC(=O)NC(=O)C1CCSC1NC(=O)C1CCC2NNCC2C1. The molecule has 3 aliphatic rings. The lowest BCUT2D eigenvalue weighted by atomic mass is 9.78. The van der Waals surface area contributed by atoms with Gasteiger partial charge in [0, 0.05) is 18.5 Å². The molecule has 2 heterocycles. The van der Waals surface area contributed by atoms with E-state index in [1.807, 2.05) is 0 Å². The van der Waals surface area contributed by atoms with Gasteiger partial charge in [-0.25, -0.2) is 4.79 Å². The quantitative estimate of drug-likeness (QED) is 0.566. The van der Waals surface area contributed by atoms with Crippen molar-refractivity contribution in [3.8, 4) is 0 Å². The van der Waals surface area contributed by atoms with E-state index < -0.39 is 12.0 Å². The number of ether oxygens (including phenoxy) is 1. The second-order valence-electron chi connectivity index (χ2n) is 7.54. The Morgan fingerprint density at radius 1 is 1.15 bits per heavy atom. The van der Waals surface area contributed by atoms with E-state index >= 15 is 0 Å². The average molecular weight is 385 g/mol. The number of hydrogen-bond donors (Lipinski definition) is 4. The number of hydrogen-bond acceptors (Lipinski definition) is 7. The summed E-state index contributed by atoms with van der Waals surface area (Å²) in [5.41, 5.74) is 6.43. The number of nitrogens with one attached hydrogen (secondary N) is 4. The fraction of sp³-hybridized carbons (Fsp3) is 0.824. The molecule has 1 saturated carbocycles. The zero-order chi connectivity index (χ0) is 18.7. The number of thioether (sulfide) groups is 1. The molecule has 2 aliphatic heterocycles. The highest BCUT2D eigenvalue weighted by atomic mass is 32.2. The van der Waals surface area contributed by atoms with Gasteiger partial charge in [-0.3, -0.25) is 25.8 Å². The summed E-state index contributed by atoms with van der Waals surface area (Å²) < 4.78 is 4.96. The van der Waals surface area contributed by atoms with Crippen LogP contribution < -0.4 is 21.5 Å². The van der Waals surface area contributed by atoms with Crippen molar-refractivity contribution in [3.05, 3.63) is 0 Å². The highest BCUT2D eigenvalue weighted by Crippen LogP contribution is 2.34. The van der Waals surface area contributed by atoms with Gasteiger partial charge < -0.3 is 10.1 Å². The Hall–Kier alpha value is -1.32. The molecular formula is C17H28N4O4S. The third-order valence-corrected chi connectivity index (χ3v) is 6.56. The number of imide groups is 1. The van der Waals surface area contributed by atoms with Crippen LogP contribution in [-0.2, 0) is 14.3 Å². The minimum atomic E-state index is -0.730. The van der Waals surface area contributed by atoms with Gasteiger partial charge in [-0.05, 0) is 51.2 Å². The first-order chi connectivity index (χ1) is 12.4. The minimum Gasteiger partial charge on any atom is -0.447 e. The Morgan fingerprint density at radius 2 is 1.96 bits per heavy atom. The molecule has 0 radical (unpaired) electrons. The van der Waals surface area contributed by atoms with Crippen LogP contribution in [0.2, 0.25) is 0 Å². The fourth-order valence-electron chi connectivity index (χ4n) is 3.93. The van der Waals surface area contributed by atoms with Crippen molar-refractivity contribution in [1.29, 1.82) is 0 Å². The molecule has 5 unspecified atom stereocenters. The lowest BCUT2D eigenvalue weighted by molar-refractivity contribution is -0.128. The second kappa shape index (κ2) is 8.58. The van der Waals surface area contributed by atoms with Gasteiger partial charge in [-0.1, -0.05) is 0 Å². The predicted octanol–water partition coefficient (Wildman–Crippen LogP) is 0.736. The summed E-state index contributed by atoms with van der Waals surface area (Å²) in [4.78, 5) is 36.7. The number of alkyl carbamates (subject to hydrolysis) is 1. The molecule has 3 rings (SSSR count). The van der Waals surface area contributed by atoms with E-state index in [1.165, 1.54) is 0 Å². The molecule has 0 aromatic carbocycles. The zero-order valence-electron chi connectivity index (χ0n) is 15.2. The van der Waals surface area contributed by atoms with Gasteiger partial charge in [0.25, 0.3) is 0 Å². The lowest BCUT2D eigenvalue weighted by Gasteiger charge is -2.31. The molecule has 2 saturated heterocycles. The summed E-state index contributed by atoms with van der Waals surface area (Å²) in [6.07, 6.45) is 2.33. The molecule has 3 fully saturated rings. The third-order valence-electron chi connectivity index (χ3n) is 5.29. The summed E-state index contributed by atoms with van der Waals surface area (Å²) in [7, 11) is 0. The van der Waals surface area contributed by atoms with Crippen molar-refractivity contribution in [1.82, 2.24) is 21.5 Å². The molecule has 0 aromatic heterocycles. The Balaban J connectivity index is 1.50. The molecule has 26 heavy (non-hydrogen) atoms. The highest BCUT2D eigenvalue weighted by Gasteiger charge is 2.40. The van der Waals surface area contributed by atoms with Gasteiger partial charge in [0.15, 0.2) is 0 Å². The van der Waals surface area contributed by atoms with E-state index in [0.717, 1.165) is 31.6 Å². The number of fused-ring (bicyclic) bond motifs is 1. The van der Waals surface area contributed by atoms with Crippen molar-refractivity contribution in [2.75, 3.05) is 12.3 Å². The number of carbonyl (C=O) groups is 3. The standard InChI is InChI=1S/C17H28N4O4S/c1-9(2)25-17(24)20-15(23)12-5-6-26-16(12)19-14(22)10-3-4-13-11(7-10)8-18-21-13/h9-13,16,18,21H,3-8H2,1-2H3,(H,19,22)(H,20,23,24). The van der Waals surface area contributed by atoms with Crippen molar-refractivity contribution in [2.24, 2.45) is 17.8 Å². The largest absolute Gasteiger partial charge is 0.447 e. The first-order valence-electron chi connectivity index (χ1n) is 9.36. The Morgan fingerprint density at radius 3 is 2.73 bits per heavy atom. The minimum absolute atomic E-state index is 0.00577. The first-order valence-corrected chi connectivity index (χ1v) is 10.4. The normalized spacial score (nSPS) is 33.6. The van der Waals surface area contributed by atoms with Crippen LogP contribution in [0.15, 0.2) is 0 Å². The van der Waals surface area contributed by atoms with Crippen LogP contribution in [0, 0.1) is 17.8 Å². The summed E-state index contributed by atoms with van der Waals surface area (Å²) in [6, 6.07) is 0.463. The number of rotatable bonds is 4. The van der Waals surface area contributed by atoms with Gasteiger partial charge in [0.1, 0.15) is 0 Å². The smallest absolute Gasteiger partial charge is 0.414 e. The molecule has 8 nitrogen and oxygen atoms in total. The summed E-state index contributed by atoms with van der Waals surface area (Å²) in [6.45, 7) is 4.35. The van der Waals surface area contributed by atoms with Gasteiger partial charge in [-0.2, -0.15) is 0 Å². The van der Waals surface area contributed by atoms with Crippen LogP contribution in [-0.4, -0.2) is 47.7 Å². The summed E-state index contributed by atoms with van der Waals surface area (Å²) in [5.74, 6) is 0.506. The summed E-state index contributed by atoms with van der Waals surface area (Å²) in [5, 5.41) is 5.04. The Kier molecular flexibility index (Phi) is 6.42. The van der Waals surface area contributed by atoms with Gasteiger partial charge in [0.2, 0.25) is 11.8 Å². The molecule has 3 amide bonds. The van der Waals surface area contributed by atoms with E-state index in [9.17, 15) is 14.4 Å². The zero-order valence-corrected chi connectivity index (χ0v) is 16.1. The van der Waals surface area contributed by atoms with Crippen LogP contribution in [0.5, 0.6) is 0 Å². The number of hydrazine groups is 1. The van der Waals surface area contributed by atoms with E-state index in [4.69, 9.17) is 4.74 Å². The average Bonchev–Trinajstić information content (AvgIpc) is 3.21.